The van der Waals surface area contributed by atoms with Crippen molar-refractivity contribution in [2.75, 3.05) is 0 Å². The number of oxime groups is 1. The van der Waals surface area contributed by atoms with Gasteiger partial charge in [0.15, 0.2) is 5.84 Å². The molecule has 0 aliphatic heterocycles. The van der Waals surface area contributed by atoms with E-state index in [1.807, 2.05) is 0 Å². The molecule has 0 aromatic heterocycles. The van der Waals surface area contributed by atoms with Gasteiger partial charge in [-0.3, -0.25) is 0 Å². The Morgan fingerprint density at radius 2 is 2.11 bits per heavy atom. The SMILES string of the molecule is CC(C)C(C)SCc1ccc(F)cc1/C(N)=N/O. The van der Waals surface area contributed by atoms with Gasteiger partial charge in [-0.05, 0) is 23.6 Å². The molecule has 3 N–H and O–H groups in total. The van der Waals surface area contributed by atoms with Crippen LogP contribution < -0.4 is 5.73 Å². The second kappa shape index (κ2) is 6.64. The van der Waals surface area contributed by atoms with Crippen LogP contribution in [-0.4, -0.2) is 16.3 Å². The smallest absolute Gasteiger partial charge is 0.170 e. The van der Waals surface area contributed by atoms with Gasteiger partial charge in [0, 0.05) is 16.6 Å². The molecule has 0 spiro atoms. The first-order valence-corrected chi connectivity index (χ1v) is 6.88. The maximum atomic E-state index is 13.2. The number of nitrogens with two attached hydrogens (primary N) is 1. The lowest BCUT2D eigenvalue weighted by Crippen LogP contribution is -2.16. The molecule has 1 unspecified atom stereocenters. The Bertz CT molecular complexity index is 435. The van der Waals surface area contributed by atoms with E-state index in [0.717, 1.165) is 5.56 Å². The lowest BCUT2D eigenvalue weighted by Gasteiger charge is -2.16. The number of amidine groups is 1. The molecule has 0 saturated carbocycles. The summed E-state index contributed by atoms with van der Waals surface area (Å²) in [5, 5.41) is 12.1. The molecule has 1 aromatic rings. The summed E-state index contributed by atoms with van der Waals surface area (Å²) in [6.07, 6.45) is 0. The Balaban J connectivity index is 2.88. The van der Waals surface area contributed by atoms with Crippen molar-refractivity contribution in [2.45, 2.75) is 31.8 Å². The van der Waals surface area contributed by atoms with Crippen molar-refractivity contribution in [1.82, 2.24) is 0 Å². The molecule has 0 saturated heterocycles. The van der Waals surface area contributed by atoms with E-state index in [1.54, 1.807) is 17.8 Å². The van der Waals surface area contributed by atoms with E-state index in [4.69, 9.17) is 10.9 Å². The van der Waals surface area contributed by atoms with E-state index in [-0.39, 0.29) is 11.7 Å². The molecule has 0 aliphatic carbocycles. The summed E-state index contributed by atoms with van der Waals surface area (Å²) >= 11 is 1.77. The summed E-state index contributed by atoms with van der Waals surface area (Å²) in [7, 11) is 0. The molecular formula is C13H19FN2OS. The van der Waals surface area contributed by atoms with Crippen molar-refractivity contribution in [1.29, 1.82) is 0 Å². The normalized spacial score (nSPS) is 13.9. The maximum absolute atomic E-state index is 13.2. The number of rotatable bonds is 5. The Morgan fingerprint density at radius 3 is 2.67 bits per heavy atom. The molecular weight excluding hydrogens is 251 g/mol. The summed E-state index contributed by atoms with van der Waals surface area (Å²) < 4.78 is 13.2. The number of hydrogen-bond acceptors (Lipinski definition) is 3. The topological polar surface area (TPSA) is 58.6 Å². The third-order valence-electron chi connectivity index (χ3n) is 2.90. The summed E-state index contributed by atoms with van der Waals surface area (Å²) in [5.74, 6) is 0.845. The predicted octanol–water partition coefficient (Wildman–Crippen LogP) is 3.20. The van der Waals surface area contributed by atoms with E-state index in [0.29, 0.717) is 22.5 Å². The molecule has 0 aliphatic rings. The van der Waals surface area contributed by atoms with Crippen LogP contribution in [0.25, 0.3) is 0 Å². The van der Waals surface area contributed by atoms with Crippen molar-refractivity contribution >= 4 is 17.6 Å². The molecule has 3 nitrogen and oxygen atoms in total. The Kier molecular flexibility index (Phi) is 5.47. The fourth-order valence-corrected chi connectivity index (χ4v) is 2.46. The van der Waals surface area contributed by atoms with Crippen LogP contribution in [0, 0.1) is 11.7 Å². The van der Waals surface area contributed by atoms with Gasteiger partial charge < -0.3 is 10.9 Å². The largest absolute Gasteiger partial charge is 0.409 e. The lowest BCUT2D eigenvalue weighted by atomic mass is 10.1. The van der Waals surface area contributed by atoms with Crippen molar-refractivity contribution in [3.05, 3.63) is 35.1 Å². The van der Waals surface area contributed by atoms with Gasteiger partial charge in [0.25, 0.3) is 0 Å². The molecule has 1 rings (SSSR count). The number of thioether (sulfide) groups is 1. The van der Waals surface area contributed by atoms with Crippen molar-refractivity contribution in [3.63, 3.8) is 0 Å². The van der Waals surface area contributed by atoms with Gasteiger partial charge >= 0.3 is 0 Å². The van der Waals surface area contributed by atoms with E-state index in [1.165, 1.54) is 12.1 Å². The first-order valence-electron chi connectivity index (χ1n) is 5.83. The van der Waals surface area contributed by atoms with Gasteiger partial charge in [-0.1, -0.05) is 32.0 Å². The fraction of sp³-hybridized carbons (Fsp3) is 0.462. The van der Waals surface area contributed by atoms with Gasteiger partial charge in [-0.15, -0.1) is 0 Å². The van der Waals surface area contributed by atoms with Gasteiger partial charge in [0.2, 0.25) is 0 Å². The van der Waals surface area contributed by atoms with Crippen LogP contribution in [0.3, 0.4) is 0 Å². The first kappa shape index (κ1) is 14.8. The van der Waals surface area contributed by atoms with Gasteiger partial charge in [-0.25, -0.2) is 4.39 Å². The Hall–Kier alpha value is -1.23. The summed E-state index contributed by atoms with van der Waals surface area (Å²) in [6, 6.07) is 4.37. The lowest BCUT2D eigenvalue weighted by molar-refractivity contribution is 0.318. The number of nitrogens with zero attached hydrogens (tertiary/aromatic N) is 1. The van der Waals surface area contributed by atoms with Crippen LogP contribution in [0.15, 0.2) is 23.4 Å². The maximum Gasteiger partial charge on any atom is 0.170 e. The zero-order chi connectivity index (χ0) is 13.7. The van der Waals surface area contributed by atoms with Crippen LogP contribution in [0.4, 0.5) is 4.39 Å². The van der Waals surface area contributed by atoms with E-state index in [9.17, 15) is 4.39 Å². The molecule has 1 atom stereocenters. The van der Waals surface area contributed by atoms with Crippen molar-refractivity contribution < 1.29 is 9.60 Å². The van der Waals surface area contributed by atoms with E-state index in [2.05, 4.69) is 25.9 Å². The summed E-state index contributed by atoms with van der Waals surface area (Å²) in [5.41, 5.74) is 6.89. The van der Waals surface area contributed by atoms with E-state index >= 15 is 0 Å². The standard InChI is InChI=1S/C13H19FN2OS/c1-8(2)9(3)18-7-10-4-5-11(14)6-12(10)13(15)16-17/h4-6,8-9,17H,7H2,1-3H3,(H2,15,16). The summed E-state index contributed by atoms with van der Waals surface area (Å²) in [4.78, 5) is 0. The zero-order valence-electron chi connectivity index (χ0n) is 10.9. The molecule has 1 aromatic carbocycles. The van der Waals surface area contributed by atoms with Gasteiger partial charge in [0.05, 0.1) is 0 Å². The van der Waals surface area contributed by atoms with Crippen LogP contribution in [-0.2, 0) is 5.75 Å². The van der Waals surface area contributed by atoms with Gasteiger partial charge in [0.1, 0.15) is 5.82 Å². The molecule has 0 amide bonds. The number of benzene rings is 1. The van der Waals surface area contributed by atoms with Crippen LogP contribution in [0.2, 0.25) is 0 Å². The molecule has 0 fully saturated rings. The minimum Gasteiger partial charge on any atom is -0.409 e. The Morgan fingerprint density at radius 1 is 1.44 bits per heavy atom. The second-order valence-electron chi connectivity index (χ2n) is 4.55. The molecule has 0 radical (unpaired) electrons. The van der Waals surface area contributed by atoms with Gasteiger partial charge in [-0.2, -0.15) is 11.8 Å². The number of halogens is 1. The fourth-order valence-electron chi connectivity index (χ4n) is 1.38. The van der Waals surface area contributed by atoms with Crippen LogP contribution in [0.1, 0.15) is 31.9 Å². The molecule has 0 heterocycles. The average molecular weight is 270 g/mol. The molecule has 18 heavy (non-hydrogen) atoms. The molecule has 100 valence electrons. The minimum absolute atomic E-state index is 0.0534. The predicted molar refractivity (Wildman–Crippen MR) is 74.5 cm³/mol. The van der Waals surface area contributed by atoms with Crippen LogP contribution in [0.5, 0.6) is 0 Å². The third-order valence-corrected chi connectivity index (χ3v) is 4.44. The highest BCUT2D eigenvalue weighted by atomic mass is 32.2. The van der Waals surface area contributed by atoms with E-state index < -0.39 is 0 Å². The molecule has 5 heteroatoms. The zero-order valence-corrected chi connectivity index (χ0v) is 11.7. The number of hydrogen-bond donors (Lipinski definition) is 2. The Labute approximate surface area is 111 Å². The highest BCUT2D eigenvalue weighted by Gasteiger charge is 2.12. The van der Waals surface area contributed by atoms with Crippen LogP contribution >= 0.6 is 11.8 Å². The third kappa shape index (κ3) is 3.91. The second-order valence-corrected chi connectivity index (χ2v) is 5.91. The quantitative estimate of drug-likeness (QED) is 0.374. The minimum atomic E-state index is -0.387. The highest BCUT2D eigenvalue weighted by Crippen LogP contribution is 2.25. The summed E-state index contributed by atoms with van der Waals surface area (Å²) in [6.45, 7) is 6.47. The highest BCUT2D eigenvalue weighted by molar-refractivity contribution is 7.99. The van der Waals surface area contributed by atoms with Crippen molar-refractivity contribution in [2.24, 2.45) is 16.8 Å². The molecule has 0 bridgehead atoms. The first-order chi connectivity index (χ1) is 8.45. The monoisotopic (exact) mass is 270 g/mol. The average Bonchev–Trinajstić information content (AvgIpc) is 2.35. The van der Waals surface area contributed by atoms with Crippen molar-refractivity contribution in [3.8, 4) is 0 Å².